The molecule has 0 aliphatic rings. The molecule has 1 aromatic rings. The van der Waals surface area contributed by atoms with Crippen molar-refractivity contribution in [3.8, 4) is 0 Å². The van der Waals surface area contributed by atoms with Crippen LogP contribution in [0.3, 0.4) is 0 Å². The number of halogens is 1. The molecule has 0 fully saturated rings. The molecular weight excluding hydrogens is 319 g/mol. The average molecular weight is 344 g/mol. The fraction of sp³-hybridized carbons (Fsp3) is 0.562. The number of carbonyl (C=O) groups is 1. The van der Waals surface area contributed by atoms with Crippen molar-refractivity contribution >= 4 is 15.9 Å². The van der Waals surface area contributed by atoms with Crippen LogP contribution in [0.1, 0.15) is 25.8 Å². The number of carbonyl (C=O) groups excluding carboxylic acids is 1. The predicted molar refractivity (Wildman–Crippen MR) is 89.1 cm³/mol. The minimum absolute atomic E-state index is 0.0505. The molecule has 0 aliphatic carbocycles. The van der Waals surface area contributed by atoms with E-state index < -0.39 is 10.0 Å². The first-order valence-electron chi connectivity index (χ1n) is 7.75. The SMILES string of the molecule is CCN(CC)C(=O)CCN(CCc1ccc(F)cc1)S(C)(=O)=O. The van der Waals surface area contributed by atoms with Gasteiger partial charge in [0.05, 0.1) is 6.26 Å². The van der Waals surface area contributed by atoms with Gasteiger partial charge in [0.25, 0.3) is 0 Å². The summed E-state index contributed by atoms with van der Waals surface area (Å²) in [5.74, 6) is -0.371. The van der Waals surface area contributed by atoms with Crippen molar-refractivity contribution in [1.29, 1.82) is 0 Å². The summed E-state index contributed by atoms with van der Waals surface area (Å²) in [4.78, 5) is 13.7. The molecule has 130 valence electrons. The zero-order chi connectivity index (χ0) is 17.5. The van der Waals surface area contributed by atoms with Crippen LogP contribution in [0, 0.1) is 5.82 Å². The second-order valence-corrected chi connectivity index (χ2v) is 7.34. The van der Waals surface area contributed by atoms with Crippen LogP contribution in [0.15, 0.2) is 24.3 Å². The molecule has 0 saturated heterocycles. The third-order valence-corrected chi connectivity index (χ3v) is 5.03. The molecule has 0 bridgehead atoms. The van der Waals surface area contributed by atoms with Crippen LogP contribution < -0.4 is 0 Å². The highest BCUT2D eigenvalue weighted by Gasteiger charge is 2.19. The fourth-order valence-corrected chi connectivity index (χ4v) is 3.15. The van der Waals surface area contributed by atoms with Gasteiger partial charge in [-0.2, -0.15) is 0 Å². The van der Waals surface area contributed by atoms with Gasteiger partial charge in [0.1, 0.15) is 5.82 Å². The Balaban J connectivity index is 2.63. The predicted octanol–water partition coefficient (Wildman–Crippen LogP) is 1.89. The van der Waals surface area contributed by atoms with Gasteiger partial charge in [-0.25, -0.2) is 17.1 Å². The summed E-state index contributed by atoms with van der Waals surface area (Å²) in [5, 5.41) is 0. The summed E-state index contributed by atoms with van der Waals surface area (Å²) < 4.78 is 37.9. The van der Waals surface area contributed by atoms with Gasteiger partial charge in [0.15, 0.2) is 0 Å². The molecule has 1 amide bonds. The Kier molecular flexibility index (Phi) is 7.64. The van der Waals surface area contributed by atoms with Crippen LogP contribution in [-0.2, 0) is 21.2 Å². The van der Waals surface area contributed by atoms with Crippen LogP contribution in [0.5, 0.6) is 0 Å². The number of hydrogen-bond acceptors (Lipinski definition) is 3. The van der Waals surface area contributed by atoms with Crippen molar-refractivity contribution in [2.45, 2.75) is 26.7 Å². The molecule has 0 spiro atoms. The summed E-state index contributed by atoms with van der Waals surface area (Å²) in [6.45, 7) is 5.45. The highest BCUT2D eigenvalue weighted by Crippen LogP contribution is 2.08. The summed E-state index contributed by atoms with van der Waals surface area (Å²) in [6.07, 6.45) is 1.78. The second-order valence-electron chi connectivity index (χ2n) is 5.35. The van der Waals surface area contributed by atoms with Gasteiger partial charge in [0, 0.05) is 32.6 Å². The summed E-state index contributed by atoms with van der Waals surface area (Å²) in [6, 6.07) is 5.97. The Morgan fingerprint density at radius 1 is 1.09 bits per heavy atom. The minimum atomic E-state index is -3.39. The van der Waals surface area contributed by atoms with Crippen LogP contribution in [0.2, 0.25) is 0 Å². The molecule has 7 heteroatoms. The number of nitrogens with zero attached hydrogens (tertiary/aromatic N) is 2. The van der Waals surface area contributed by atoms with E-state index in [4.69, 9.17) is 0 Å². The Hall–Kier alpha value is -1.47. The maximum Gasteiger partial charge on any atom is 0.223 e. The molecule has 0 aliphatic heterocycles. The van der Waals surface area contributed by atoms with E-state index in [0.29, 0.717) is 19.5 Å². The molecule has 5 nitrogen and oxygen atoms in total. The Bertz CT molecular complexity index is 598. The first-order valence-corrected chi connectivity index (χ1v) is 9.60. The molecule has 1 aromatic carbocycles. The first kappa shape index (κ1) is 19.6. The van der Waals surface area contributed by atoms with E-state index in [-0.39, 0.29) is 31.2 Å². The van der Waals surface area contributed by atoms with E-state index in [0.717, 1.165) is 11.8 Å². The van der Waals surface area contributed by atoms with Crippen molar-refractivity contribution in [2.75, 3.05) is 32.4 Å². The molecule has 0 atom stereocenters. The molecule has 0 heterocycles. The monoisotopic (exact) mass is 344 g/mol. The van der Waals surface area contributed by atoms with Crippen LogP contribution in [0.25, 0.3) is 0 Å². The highest BCUT2D eigenvalue weighted by atomic mass is 32.2. The van der Waals surface area contributed by atoms with Crippen molar-refractivity contribution in [3.63, 3.8) is 0 Å². The lowest BCUT2D eigenvalue weighted by Crippen LogP contribution is -2.37. The number of benzene rings is 1. The van der Waals surface area contributed by atoms with Gasteiger partial charge in [-0.3, -0.25) is 4.79 Å². The molecule has 0 N–H and O–H groups in total. The van der Waals surface area contributed by atoms with Gasteiger partial charge in [-0.15, -0.1) is 0 Å². The van der Waals surface area contributed by atoms with E-state index in [1.807, 2.05) is 13.8 Å². The third kappa shape index (κ3) is 6.66. The average Bonchev–Trinajstić information content (AvgIpc) is 2.49. The molecule has 0 aromatic heterocycles. The zero-order valence-electron chi connectivity index (χ0n) is 14.0. The van der Waals surface area contributed by atoms with E-state index in [1.54, 1.807) is 17.0 Å². The molecule has 0 saturated carbocycles. The number of hydrogen-bond donors (Lipinski definition) is 0. The minimum Gasteiger partial charge on any atom is -0.343 e. The van der Waals surface area contributed by atoms with Gasteiger partial charge in [-0.1, -0.05) is 12.1 Å². The first-order chi connectivity index (χ1) is 10.8. The summed E-state index contributed by atoms with van der Waals surface area (Å²) in [5.41, 5.74) is 0.857. The summed E-state index contributed by atoms with van der Waals surface area (Å²) in [7, 11) is -3.39. The van der Waals surface area contributed by atoms with Crippen molar-refractivity contribution < 1.29 is 17.6 Å². The largest absolute Gasteiger partial charge is 0.343 e. The molecule has 1 rings (SSSR count). The Morgan fingerprint density at radius 2 is 1.65 bits per heavy atom. The van der Waals surface area contributed by atoms with E-state index in [2.05, 4.69) is 0 Å². The number of sulfonamides is 1. The second kappa shape index (κ2) is 8.98. The molecular formula is C16H25FN2O3S. The van der Waals surface area contributed by atoms with E-state index in [9.17, 15) is 17.6 Å². The number of amides is 1. The van der Waals surface area contributed by atoms with Gasteiger partial charge >= 0.3 is 0 Å². The lowest BCUT2D eigenvalue weighted by atomic mass is 10.1. The van der Waals surface area contributed by atoms with Gasteiger partial charge in [-0.05, 0) is 38.0 Å². The Morgan fingerprint density at radius 3 is 2.13 bits per heavy atom. The van der Waals surface area contributed by atoms with Gasteiger partial charge in [0.2, 0.25) is 15.9 Å². The van der Waals surface area contributed by atoms with Crippen LogP contribution in [-0.4, -0.2) is 56.0 Å². The summed E-state index contributed by atoms with van der Waals surface area (Å²) >= 11 is 0. The topological polar surface area (TPSA) is 57.7 Å². The maximum atomic E-state index is 12.9. The van der Waals surface area contributed by atoms with E-state index >= 15 is 0 Å². The van der Waals surface area contributed by atoms with Crippen molar-refractivity contribution in [3.05, 3.63) is 35.6 Å². The fourth-order valence-electron chi connectivity index (χ4n) is 2.30. The smallest absolute Gasteiger partial charge is 0.223 e. The van der Waals surface area contributed by atoms with Crippen molar-refractivity contribution in [2.24, 2.45) is 0 Å². The lowest BCUT2D eigenvalue weighted by molar-refractivity contribution is -0.130. The molecule has 0 radical (unpaired) electrons. The third-order valence-electron chi connectivity index (χ3n) is 3.72. The highest BCUT2D eigenvalue weighted by molar-refractivity contribution is 7.88. The lowest BCUT2D eigenvalue weighted by Gasteiger charge is -2.23. The molecule has 23 heavy (non-hydrogen) atoms. The van der Waals surface area contributed by atoms with Crippen LogP contribution >= 0.6 is 0 Å². The number of rotatable bonds is 9. The van der Waals surface area contributed by atoms with Gasteiger partial charge < -0.3 is 4.90 Å². The van der Waals surface area contributed by atoms with Crippen molar-refractivity contribution in [1.82, 2.24) is 9.21 Å². The van der Waals surface area contributed by atoms with E-state index in [1.165, 1.54) is 16.4 Å². The Labute approximate surface area is 138 Å². The maximum absolute atomic E-state index is 12.9. The normalized spacial score (nSPS) is 11.7. The molecule has 0 unspecified atom stereocenters. The standard InChI is InChI=1S/C16H25FN2O3S/c1-4-18(5-2)16(20)11-13-19(23(3,21)22)12-10-14-6-8-15(17)9-7-14/h6-9H,4-5,10-13H2,1-3H3. The quantitative estimate of drug-likeness (QED) is 0.687. The van der Waals surface area contributed by atoms with Crippen LogP contribution in [0.4, 0.5) is 4.39 Å². The zero-order valence-corrected chi connectivity index (χ0v) is 14.8.